The van der Waals surface area contributed by atoms with Crippen LogP contribution in [0.5, 0.6) is 0 Å². The molecule has 0 aromatic carbocycles. The predicted octanol–water partition coefficient (Wildman–Crippen LogP) is 2.00. The van der Waals surface area contributed by atoms with E-state index >= 15 is 0 Å². The molecule has 28 heavy (non-hydrogen) atoms. The number of amides is 2. The minimum Gasteiger partial charge on any atom is -0.465 e. The first-order valence-corrected chi connectivity index (χ1v) is 13.2. The molecule has 1 saturated heterocycles. The first-order valence-electron chi connectivity index (χ1n) is 9.54. The van der Waals surface area contributed by atoms with Crippen molar-refractivity contribution in [3.8, 4) is 0 Å². The number of ether oxygens (including phenoxy) is 2. The fourth-order valence-corrected chi connectivity index (χ4v) is 3.82. The molecular formula is C18H32N4O5Si. The number of hydrogen-bond acceptors (Lipinski definition) is 5. The number of carboxylic acid groups (broad SMARTS) is 1. The molecule has 2 unspecified atom stereocenters. The van der Waals surface area contributed by atoms with Crippen LogP contribution in [0.25, 0.3) is 0 Å². The summed E-state index contributed by atoms with van der Waals surface area (Å²) in [7, 11) is 0.348. The zero-order chi connectivity index (χ0) is 20.9. The summed E-state index contributed by atoms with van der Waals surface area (Å²) in [6.07, 6.45) is 0.764. The number of aromatic nitrogens is 2. The van der Waals surface area contributed by atoms with Crippen LogP contribution in [0, 0.1) is 6.92 Å². The lowest BCUT2D eigenvalue weighted by atomic mass is 10.0. The van der Waals surface area contributed by atoms with Crippen molar-refractivity contribution in [2.24, 2.45) is 0 Å². The van der Waals surface area contributed by atoms with Crippen LogP contribution in [0.4, 0.5) is 4.79 Å². The van der Waals surface area contributed by atoms with Gasteiger partial charge in [0.15, 0.2) is 0 Å². The van der Waals surface area contributed by atoms with Crippen LogP contribution in [0.2, 0.25) is 25.7 Å². The third-order valence-corrected chi connectivity index (χ3v) is 6.63. The second-order valence-electron chi connectivity index (χ2n) is 8.37. The number of carbonyl (C=O) groups excluding carboxylic acids is 1. The number of likely N-dealkylation sites (tertiary alicyclic amines) is 1. The Morgan fingerprint density at radius 3 is 2.71 bits per heavy atom. The molecule has 0 saturated carbocycles. The maximum Gasteiger partial charge on any atom is 0.407 e. The minimum absolute atomic E-state index is 0.226. The van der Waals surface area contributed by atoms with E-state index in [0.29, 0.717) is 25.4 Å². The van der Waals surface area contributed by atoms with E-state index in [9.17, 15) is 9.59 Å². The normalized spacial score (nSPS) is 20.2. The second kappa shape index (κ2) is 9.53. The Bertz CT molecular complexity index is 688. The molecule has 1 aromatic rings. The Hall–Kier alpha value is -1.91. The van der Waals surface area contributed by atoms with Gasteiger partial charge in [0.05, 0.1) is 18.7 Å². The van der Waals surface area contributed by atoms with Gasteiger partial charge in [-0.2, -0.15) is 0 Å². The van der Waals surface area contributed by atoms with Gasteiger partial charge in [0, 0.05) is 40.2 Å². The Balaban J connectivity index is 1.98. The first-order chi connectivity index (χ1) is 13.1. The summed E-state index contributed by atoms with van der Waals surface area (Å²) < 4.78 is 12.9. The molecule has 1 aliphatic heterocycles. The molecule has 2 amide bonds. The largest absolute Gasteiger partial charge is 0.465 e. The van der Waals surface area contributed by atoms with Crippen molar-refractivity contribution in [3.05, 3.63) is 17.7 Å². The summed E-state index contributed by atoms with van der Waals surface area (Å²) in [5.74, 6) is -0.0151. The molecular weight excluding hydrogens is 380 g/mol. The lowest BCUT2D eigenvalue weighted by Crippen LogP contribution is -2.56. The highest BCUT2D eigenvalue weighted by atomic mass is 28.3. The summed E-state index contributed by atoms with van der Waals surface area (Å²) in [5, 5.41) is 12.1. The molecule has 1 fully saturated rings. The van der Waals surface area contributed by atoms with Crippen molar-refractivity contribution in [2.75, 3.05) is 26.8 Å². The summed E-state index contributed by atoms with van der Waals surface area (Å²) in [4.78, 5) is 29.5. The van der Waals surface area contributed by atoms with Gasteiger partial charge >= 0.3 is 6.09 Å². The molecule has 0 spiro atoms. The number of nitrogens with zero attached hydrogens (tertiary/aromatic N) is 3. The van der Waals surface area contributed by atoms with E-state index in [4.69, 9.17) is 14.6 Å². The second-order valence-corrected chi connectivity index (χ2v) is 14.0. The van der Waals surface area contributed by atoms with Gasteiger partial charge in [-0.15, -0.1) is 0 Å². The maximum atomic E-state index is 12.8. The summed E-state index contributed by atoms with van der Waals surface area (Å²) in [5.41, 5.74) is 0.849. The third-order valence-electron chi connectivity index (χ3n) is 4.92. The van der Waals surface area contributed by atoms with Gasteiger partial charge in [0.25, 0.3) is 5.91 Å². The van der Waals surface area contributed by atoms with Gasteiger partial charge in [-0.05, 0) is 19.4 Å². The highest BCUT2D eigenvalue weighted by Crippen LogP contribution is 2.15. The van der Waals surface area contributed by atoms with Crippen LogP contribution >= 0.6 is 0 Å². The van der Waals surface area contributed by atoms with E-state index in [1.807, 2.05) is 6.92 Å². The van der Waals surface area contributed by atoms with Gasteiger partial charge in [-0.1, -0.05) is 19.6 Å². The Labute approximate surface area is 167 Å². The average Bonchev–Trinajstić information content (AvgIpc) is 2.98. The van der Waals surface area contributed by atoms with Crippen molar-refractivity contribution in [1.29, 1.82) is 0 Å². The third kappa shape index (κ3) is 6.04. The fraction of sp³-hybridized carbons (Fsp3) is 0.722. The first kappa shape index (κ1) is 22.4. The van der Waals surface area contributed by atoms with E-state index in [2.05, 4.69) is 29.9 Å². The van der Waals surface area contributed by atoms with Gasteiger partial charge in [-0.3, -0.25) is 4.79 Å². The van der Waals surface area contributed by atoms with Crippen LogP contribution in [-0.4, -0.2) is 78.6 Å². The van der Waals surface area contributed by atoms with Crippen LogP contribution in [0.3, 0.4) is 0 Å². The van der Waals surface area contributed by atoms with Crippen molar-refractivity contribution in [1.82, 2.24) is 19.8 Å². The lowest BCUT2D eigenvalue weighted by molar-refractivity contribution is 0.00975. The summed E-state index contributed by atoms with van der Waals surface area (Å²) >= 11 is 0. The molecule has 0 radical (unpaired) electrons. The van der Waals surface area contributed by atoms with E-state index in [-0.39, 0.29) is 25.2 Å². The van der Waals surface area contributed by atoms with E-state index in [1.165, 1.54) is 12.0 Å². The number of imidazole rings is 1. The molecule has 2 rings (SSSR count). The zero-order valence-corrected chi connectivity index (χ0v) is 18.4. The van der Waals surface area contributed by atoms with E-state index in [0.717, 1.165) is 11.7 Å². The molecule has 1 aromatic heterocycles. The fourth-order valence-electron chi connectivity index (χ4n) is 3.07. The van der Waals surface area contributed by atoms with Gasteiger partial charge < -0.3 is 29.4 Å². The molecule has 1 aliphatic rings. The average molecular weight is 413 g/mol. The van der Waals surface area contributed by atoms with Gasteiger partial charge in [0.2, 0.25) is 5.82 Å². The summed E-state index contributed by atoms with van der Waals surface area (Å²) in [6.45, 7) is 10.3. The topological polar surface area (TPSA) is 106 Å². The lowest BCUT2D eigenvalue weighted by Gasteiger charge is -2.36. The number of methoxy groups -OCH3 is 1. The monoisotopic (exact) mass is 412 g/mol. The number of piperidine rings is 1. The van der Waals surface area contributed by atoms with Gasteiger partial charge in [0.1, 0.15) is 6.73 Å². The maximum absolute atomic E-state index is 12.8. The molecule has 10 heteroatoms. The predicted molar refractivity (Wildman–Crippen MR) is 107 cm³/mol. The van der Waals surface area contributed by atoms with E-state index in [1.54, 1.807) is 10.8 Å². The number of rotatable bonds is 8. The number of carbonyl (C=O) groups is 2. The summed E-state index contributed by atoms with van der Waals surface area (Å²) in [6, 6.07) is 0.784. The van der Waals surface area contributed by atoms with Crippen molar-refractivity contribution in [3.63, 3.8) is 0 Å². The Morgan fingerprint density at radius 2 is 2.11 bits per heavy atom. The van der Waals surface area contributed by atoms with Crippen molar-refractivity contribution in [2.45, 2.75) is 57.9 Å². The molecule has 0 bridgehead atoms. The molecule has 0 aliphatic carbocycles. The zero-order valence-electron chi connectivity index (χ0n) is 17.4. The van der Waals surface area contributed by atoms with Crippen LogP contribution < -0.4 is 5.32 Å². The minimum atomic E-state index is -1.17. The number of aryl methyl sites for hydroxylation is 1. The number of nitrogens with one attached hydrogen (secondary N) is 1. The van der Waals surface area contributed by atoms with Crippen molar-refractivity contribution >= 4 is 20.1 Å². The highest BCUT2D eigenvalue weighted by molar-refractivity contribution is 6.76. The highest BCUT2D eigenvalue weighted by Gasteiger charge is 2.33. The molecule has 2 heterocycles. The Morgan fingerprint density at radius 1 is 1.39 bits per heavy atom. The number of hydrogen-bond donors (Lipinski definition) is 2. The van der Waals surface area contributed by atoms with Gasteiger partial charge in [-0.25, -0.2) is 9.78 Å². The molecule has 158 valence electrons. The SMILES string of the molecule is COC1CN(C(=O)O)CCC1NC(=O)c1ncc(C)n1COCC[Si](C)(C)C. The quantitative estimate of drug-likeness (QED) is 0.500. The molecule has 2 atom stereocenters. The Kier molecular flexibility index (Phi) is 7.61. The molecule has 2 N–H and O–H groups in total. The van der Waals surface area contributed by atoms with Crippen LogP contribution in [-0.2, 0) is 16.2 Å². The smallest absolute Gasteiger partial charge is 0.407 e. The van der Waals surface area contributed by atoms with E-state index < -0.39 is 20.3 Å². The standard InChI is InChI=1S/C18H32N4O5Si/c1-13-10-19-16(22(13)12-27-8-9-28(3,4)5)17(23)20-14-6-7-21(18(24)25)11-15(14)26-2/h10,14-15H,6-9,11-12H2,1-5H3,(H,20,23)(H,24,25). The van der Waals surface area contributed by atoms with Crippen LogP contribution in [0.15, 0.2) is 6.20 Å². The molecule has 9 nitrogen and oxygen atoms in total. The van der Waals surface area contributed by atoms with Crippen molar-refractivity contribution < 1.29 is 24.2 Å². The van der Waals surface area contributed by atoms with Crippen LogP contribution in [0.1, 0.15) is 22.7 Å².